The molecule has 0 unspecified atom stereocenters. The van der Waals surface area contributed by atoms with Gasteiger partial charge in [0.25, 0.3) is 0 Å². The van der Waals surface area contributed by atoms with Crippen LogP contribution in [-0.4, -0.2) is 85.3 Å². The molecular weight excluding hydrogens is 224 g/mol. The molecule has 0 aliphatic carbocycles. The Bertz CT molecular complexity index is 234. The molecule has 1 rings (SSSR count). The molecule has 96 valence electrons. The van der Waals surface area contributed by atoms with E-state index in [2.05, 4.69) is 0 Å². The maximum absolute atomic E-state index is 9.57. The lowest BCUT2D eigenvalue weighted by atomic mass is 9.90. The highest BCUT2D eigenvalue weighted by Crippen LogP contribution is 2.29. The van der Waals surface area contributed by atoms with Crippen LogP contribution in [-0.2, 0) is 4.74 Å². The monoisotopic (exact) mass is 240 g/mol. The molecule has 0 aromatic rings. The molecular formula is C8H16O8. The van der Waals surface area contributed by atoms with Crippen molar-refractivity contribution in [1.29, 1.82) is 0 Å². The summed E-state index contributed by atoms with van der Waals surface area (Å²) in [6, 6.07) is 0. The van der Waals surface area contributed by atoms with Crippen molar-refractivity contribution < 1.29 is 40.5 Å². The van der Waals surface area contributed by atoms with Gasteiger partial charge in [-0.1, -0.05) is 0 Å². The van der Waals surface area contributed by atoms with Crippen LogP contribution in [0.4, 0.5) is 0 Å². The van der Waals surface area contributed by atoms with Gasteiger partial charge >= 0.3 is 0 Å². The van der Waals surface area contributed by atoms with E-state index >= 15 is 0 Å². The third-order valence-electron chi connectivity index (χ3n) is 2.61. The highest BCUT2D eigenvalue weighted by Gasteiger charge is 2.54. The van der Waals surface area contributed by atoms with Crippen molar-refractivity contribution in [3.05, 3.63) is 0 Å². The molecule has 8 nitrogen and oxygen atoms in total. The molecule has 1 fully saturated rings. The van der Waals surface area contributed by atoms with Crippen LogP contribution >= 0.6 is 0 Å². The molecule has 16 heavy (non-hydrogen) atoms. The quantitative estimate of drug-likeness (QED) is 0.261. The van der Waals surface area contributed by atoms with Gasteiger partial charge in [0.15, 0.2) is 0 Å². The molecule has 0 radical (unpaired) electrons. The predicted molar refractivity (Wildman–Crippen MR) is 48.0 cm³/mol. The molecule has 0 bridgehead atoms. The van der Waals surface area contributed by atoms with Gasteiger partial charge < -0.3 is 40.5 Å². The summed E-state index contributed by atoms with van der Waals surface area (Å²) in [5, 5.41) is 64.5. The average molecular weight is 240 g/mol. The van der Waals surface area contributed by atoms with Gasteiger partial charge in [-0.15, -0.1) is 0 Å². The predicted octanol–water partition coefficient (Wildman–Crippen LogP) is -4.50. The number of aliphatic hydroxyl groups is 7. The van der Waals surface area contributed by atoms with E-state index in [0.29, 0.717) is 0 Å². The van der Waals surface area contributed by atoms with Crippen molar-refractivity contribution in [3.8, 4) is 0 Å². The Kier molecular flexibility index (Phi) is 4.21. The lowest BCUT2D eigenvalue weighted by Crippen LogP contribution is -2.68. The van der Waals surface area contributed by atoms with Crippen LogP contribution in [0.2, 0.25) is 0 Å². The van der Waals surface area contributed by atoms with E-state index in [1.807, 2.05) is 0 Å². The molecule has 0 amide bonds. The van der Waals surface area contributed by atoms with Gasteiger partial charge in [0.1, 0.15) is 30.5 Å². The van der Waals surface area contributed by atoms with Gasteiger partial charge in [0, 0.05) is 0 Å². The lowest BCUT2D eigenvalue weighted by molar-refractivity contribution is -0.365. The Balaban J connectivity index is 2.90. The van der Waals surface area contributed by atoms with Crippen molar-refractivity contribution in [1.82, 2.24) is 0 Å². The average Bonchev–Trinajstić information content (AvgIpc) is 2.30. The van der Waals surface area contributed by atoms with E-state index in [0.717, 1.165) is 0 Å². The van der Waals surface area contributed by atoms with E-state index in [1.54, 1.807) is 0 Å². The summed E-state index contributed by atoms with van der Waals surface area (Å²) in [5.74, 6) is -2.49. The number of aliphatic hydroxyl groups excluding tert-OH is 6. The van der Waals surface area contributed by atoms with Gasteiger partial charge in [-0.3, -0.25) is 0 Å². The summed E-state index contributed by atoms with van der Waals surface area (Å²) in [4.78, 5) is 0. The first-order chi connectivity index (χ1) is 7.37. The summed E-state index contributed by atoms with van der Waals surface area (Å²) in [6.45, 7) is -1.81. The Labute approximate surface area is 91.0 Å². The lowest BCUT2D eigenvalue weighted by Gasteiger charge is -2.45. The van der Waals surface area contributed by atoms with Crippen molar-refractivity contribution in [2.75, 3.05) is 13.2 Å². The molecule has 1 aliphatic heterocycles. The molecule has 1 heterocycles. The van der Waals surface area contributed by atoms with Crippen LogP contribution in [0, 0.1) is 0 Å². The van der Waals surface area contributed by atoms with Crippen LogP contribution < -0.4 is 0 Å². The minimum Gasteiger partial charge on any atom is -0.394 e. The second kappa shape index (κ2) is 4.90. The maximum Gasteiger partial charge on any atom is 0.219 e. The van der Waals surface area contributed by atoms with Crippen LogP contribution in [0.5, 0.6) is 0 Å². The zero-order chi connectivity index (χ0) is 12.5. The highest BCUT2D eigenvalue weighted by molar-refractivity contribution is 4.97. The largest absolute Gasteiger partial charge is 0.394 e. The number of ether oxygens (including phenoxy) is 1. The number of rotatable bonds is 3. The van der Waals surface area contributed by atoms with Crippen molar-refractivity contribution in [3.63, 3.8) is 0 Å². The molecule has 1 saturated heterocycles. The van der Waals surface area contributed by atoms with E-state index in [4.69, 9.17) is 14.9 Å². The van der Waals surface area contributed by atoms with Crippen LogP contribution in [0.25, 0.3) is 0 Å². The van der Waals surface area contributed by atoms with Crippen molar-refractivity contribution in [2.45, 2.75) is 36.3 Å². The Hall–Kier alpha value is -0.320. The molecule has 0 aromatic heterocycles. The minimum absolute atomic E-state index is 0.772. The van der Waals surface area contributed by atoms with Crippen molar-refractivity contribution >= 4 is 0 Å². The first kappa shape index (κ1) is 13.7. The van der Waals surface area contributed by atoms with Crippen LogP contribution in [0.15, 0.2) is 0 Å². The topological polar surface area (TPSA) is 151 Å². The van der Waals surface area contributed by atoms with Crippen molar-refractivity contribution in [2.24, 2.45) is 0 Å². The van der Waals surface area contributed by atoms with Crippen LogP contribution in [0.1, 0.15) is 0 Å². The van der Waals surface area contributed by atoms with Gasteiger partial charge in [-0.25, -0.2) is 0 Å². The molecule has 0 saturated carbocycles. The molecule has 7 N–H and O–H groups in total. The Morgan fingerprint density at radius 1 is 1.12 bits per heavy atom. The minimum atomic E-state index is -2.49. The zero-order valence-corrected chi connectivity index (χ0v) is 8.34. The standard InChI is InChI=1S/C8H16O8/c9-1-3(11)6-4(12)5(13)7(14)8(15,2-10)16-6/h3-7,9-15H,1-2H2/t3-,4+,5-,6+,7+,8+/m1/s1. The Morgan fingerprint density at radius 3 is 2.12 bits per heavy atom. The Morgan fingerprint density at radius 2 is 1.69 bits per heavy atom. The second-order valence-electron chi connectivity index (χ2n) is 3.76. The van der Waals surface area contributed by atoms with E-state index in [-0.39, 0.29) is 0 Å². The maximum atomic E-state index is 9.57. The normalized spacial score (nSPS) is 46.7. The molecule has 0 aromatic carbocycles. The molecule has 1 aliphatic rings. The SMILES string of the molecule is OC[C@@H](O)[C@@H]1O[C@@](O)(CO)[C@@H](O)[C@H](O)[C@@H]1O. The summed E-state index contributed by atoms with van der Waals surface area (Å²) in [6.07, 6.45) is -8.49. The fourth-order valence-corrected chi connectivity index (χ4v) is 1.56. The van der Waals surface area contributed by atoms with E-state index in [1.165, 1.54) is 0 Å². The second-order valence-corrected chi connectivity index (χ2v) is 3.76. The van der Waals surface area contributed by atoms with E-state index < -0.39 is 49.5 Å². The smallest absolute Gasteiger partial charge is 0.219 e. The molecule has 6 atom stereocenters. The summed E-state index contributed by atoms with van der Waals surface area (Å²) in [7, 11) is 0. The summed E-state index contributed by atoms with van der Waals surface area (Å²) >= 11 is 0. The number of hydrogen-bond acceptors (Lipinski definition) is 8. The van der Waals surface area contributed by atoms with Crippen LogP contribution in [0.3, 0.4) is 0 Å². The summed E-state index contributed by atoms with van der Waals surface area (Å²) in [5.41, 5.74) is 0. The number of hydrogen-bond donors (Lipinski definition) is 7. The fourth-order valence-electron chi connectivity index (χ4n) is 1.56. The van der Waals surface area contributed by atoms with Gasteiger partial charge in [0.2, 0.25) is 5.79 Å². The first-order valence-electron chi connectivity index (χ1n) is 4.71. The third-order valence-corrected chi connectivity index (χ3v) is 2.61. The first-order valence-corrected chi connectivity index (χ1v) is 4.71. The third kappa shape index (κ3) is 2.19. The molecule has 0 spiro atoms. The fraction of sp³-hybridized carbons (Fsp3) is 1.00. The van der Waals surface area contributed by atoms with Gasteiger partial charge in [-0.2, -0.15) is 0 Å². The summed E-state index contributed by atoms with van der Waals surface area (Å²) < 4.78 is 4.71. The van der Waals surface area contributed by atoms with Gasteiger partial charge in [-0.05, 0) is 0 Å². The molecule has 8 heteroatoms. The highest BCUT2D eigenvalue weighted by atomic mass is 16.7. The van der Waals surface area contributed by atoms with Gasteiger partial charge in [0.05, 0.1) is 13.2 Å². The zero-order valence-electron chi connectivity index (χ0n) is 8.34. The van der Waals surface area contributed by atoms with E-state index in [9.17, 15) is 25.5 Å².